The van der Waals surface area contributed by atoms with E-state index >= 15 is 0 Å². The van der Waals surface area contributed by atoms with Crippen LogP contribution in [0.5, 0.6) is 0 Å². The third-order valence-electron chi connectivity index (χ3n) is 7.11. The smallest absolute Gasteiger partial charge is 0.414 e. The molecule has 0 aliphatic carbocycles. The van der Waals surface area contributed by atoms with E-state index in [1.54, 1.807) is 28.0 Å². The summed E-state index contributed by atoms with van der Waals surface area (Å²) in [6, 6.07) is 7.55. The van der Waals surface area contributed by atoms with Crippen molar-refractivity contribution < 1.29 is 14.3 Å². The second-order valence-electron chi connectivity index (χ2n) is 11.4. The molecule has 0 bridgehead atoms. The van der Waals surface area contributed by atoms with Crippen LogP contribution in [0.15, 0.2) is 47.7 Å². The van der Waals surface area contributed by atoms with Crippen molar-refractivity contribution in [1.29, 1.82) is 0 Å². The fourth-order valence-corrected chi connectivity index (χ4v) is 5.26. The molecule has 41 heavy (non-hydrogen) atoms. The molecule has 1 unspecified atom stereocenters. The van der Waals surface area contributed by atoms with E-state index in [4.69, 9.17) is 9.47 Å². The van der Waals surface area contributed by atoms with Crippen LogP contribution >= 0.6 is 0 Å². The molecule has 12 nitrogen and oxygen atoms in total. The Balaban J connectivity index is 1.27. The lowest BCUT2D eigenvalue weighted by atomic mass is 10.1. The summed E-state index contributed by atoms with van der Waals surface area (Å²) >= 11 is 0. The van der Waals surface area contributed by atoms with E-state index in [1.165, 1.54) is 0 Å². The predicted molar refractivity (Wildman–Crippen MR) is 156 cm³/mol. The molecule has 4 aromatic rings. The zero-order valence-corrected chi connectivity index (χ0v) is 23.7. The molecular weight excluding hydrogens is 524 g/mol. The SMILES string of the molecule is Cc1cccc2c1N(C(=O)OC(C)(C)C)CCN2c1cc2cnc(Nc3cnn(C4CCCCO4)c3)nc2[nH]c1=O. The number of H-pyrrole nitrogens is 1. The highest BCUT2D eigenvalue weighted by Gasteiger charge is 2.33. The molecule has 5 heterocycles. The molecule has 0 radical (unpaired) electrons. The van der Waals surface area contributed by atoms with Crippen molar-refractivity contribution in [3.63, 3.8) is 0 Å². The topological polar surface area (TPSA) is 130 Å². The van der Waals surface area contributed by atoms with Crippen molar-refractivity contribution in [2.45, 2.75) is 58.8 Å². The summed E-state index contributed by atoms with van der Waals surface area (Å²) in [5.74, 6) is 0.344. The van der Waals surface area contributed by atoms with Crippen LogP contribution in [0, 0.1) is 6.92 Å². The minimum absolute atomic E-state index is 0.0634. The average Bonchev–Trinajstić information content (AvgIpc) is 3.40. The Morgan fingerprint density at radius 3 is 2.80 bits per heavy atom. The minimum atomic E-state index is -0.620. The highest BCUT2D eigenvalue weighted by atomic mass is 16.6. The molecule has 1 atom stereocenters. The number of fused-ring (bicyclic) bond motifs is 2. The van der Waals surface area contributed by atoms with Gasteiger partial charge in [-0.15, -0.1) is 0 Å². The summed E-state index contributed by atoms with van der Waals surface area (Å²) in [4.78, 5) is 41.9. The number of hydrogen-bond donors (Lipinski definition) is 2. The fourth-order valence-electron chi connectivity index (χ4n) is 5.26. The average molecular weight is 559 g/mol. The number of nitrogens with zero attached hydrogens (tertiary/aromatic N) is 6. The van der Waals surface area contributed by atoms with E-state index in [1.807, 2.05) is 57.0 Å². The van der Waals surface area contributed by atoms with Crippen LogP contribution in [0.1, 0.15) is 51.8 Å². The Labute approximate surface area is 237 Å². The number of aromatic amines is 1. The zero-order valence-electron chi connectivity index (χ0n) is 23.7. The molecule has 0 saturated carbocycles. The van der Waals surface area contributed by atoms with Crippen LogP contribution in [0.25, 0.3) is 11.0 Å². The molecule has 3 aromatic heterocycles. The molecule has 1 aromatic carbocycles. The number of aromatic nitrogens is 5. The van der Waals surface area contributed by atoms with Crippen molar-refractivity contribution in [1.82, 2.24) is 24.7 Å². The number of rotatable bonds is 4. The van der Waals surface area contributed by atoms with E-state index in [0.717, 1.165) is 48.5 Å². The van der Waals surface area contributed by atoms with Gasteiger partial charge >= 0.3 is 6.09 Å². The van der Waals surface area contributed by atoms with E-state index in [-0.39, 0.29) is 11.8 Å². The van der Waals surface area contributed by atoms with Crippen molar-refractivity contribution in [3.05, 3.63) is 58.8 Å². The number of para-hydroxylation sites is 1. The predicted octanol–water partition coefficient (Wildman–Crippen LogP) is 5.16. The van der Waals surface area contributed by atoms with Crippen LogP contribution in [0.4, 0.5) is 33.5 Å². The van der Waals surface area contributed by atoms with Gasteiger partial charge in [0.05, 0.1) is 29.5 Å². The molecule has 1 saturated heterocycles. The first kappa shape index (κ1) is 26.8. The normalized spacial score (nSPS) is 17.4. The van der Waals surface area contributed by atoms with Gasteiger partial charge < -0.3 is 24.7 Å². The molecule has 12 heteroatoms. The number of carbonyl (C=O) groups excluding carboxylic acids is 1. The van der Waals surface area contributed by atoms with E-state index < -0.39 is 11.7 Å². The van der Waals surface area contributed by atoms with Gasteiger partial charge in [-0.25, -0.2) is 14.5 Å². The summed E-state index contributed by atoms with van der Waals surface area (Å²) in [6.07, 6.45) is 7.88. The molecule has 6 rings (SSSR count). The number of anilines is 5. The Morgan fingerprint density at radius 2 is 2.02 bits per heavy atom. The Kier molecular flexibility index (Phi) is 6.86. The number of carbonyl (C=O) groups is 1. The van der Waals surface area contributed by atoms with Crippen LogP contribution in [0.2, 0.25) is 0 Å². The van der Waals surface area contributed by atoms with Crippen molar-refractivity contribution in [2.75, 3.05) is 34.8 Å². The first-order valence-corrected chi connectivity index (χ1v) is 13.9. The Bertz CT molecular complexity index is 1650. The highest BCUT2D eigenvalue weighted by Crippen LogP contribution is 2.40. The van der Waals surface area contributed by atoms with Crippen LogP contribution < -0.4 is 20.7 Å². The van der Waals surface area contributed by atoms with Crippen LogP contribution in [-0.4, -0.2) is 56.1 Å². The summed E-state index contributed by atoms with van der Waals surface area (Å²) < 4.78 is 13.3. The number of hydrogen-bond acceptors (Lipinski definition) is 9. The van der Waals surface area contributed by atoms with E-state index in [2.05, 4.69) is 25.4 Å². The van der Waals surface area contributed by atoms with Crippen LogP contribution in [0.3, 0.4) is 0 Å². The van der Waals surface area contributed by atoms with E-state index in [9.17, 15) is 9.59 Å². The molecule has 1 amide bonds. The largest absolute Gasteiger partial charge is 0.443 e. The number of ether oxygens (including phenoxy) is 2. The molecule has 1 fully saturated rings. The first-order valence-electron chi connectivity index (χ1n) is 13.9. The highest BCUT2D eigenvalue weighted by molar-refractivity contribution is 5.97. The molecular formula is C29H34N8O4. The lowest BCUT2D eigenvalue weighted by Crippen LogP contribution is -2.46. The summed E-state index contributed by atoms with van der Waals surface area (Å²) in [7, 11) is 0. The summed E-state index contributed by atoms with van der Waals surface area (Å²) in [6.45, 7) is 8.99. The van der Waals surface area contributed by atoms with Gasteiger partial charge in [0.2, 0.25) is 5.95 Å². The zero-order chi connectivity index (χ0) is 28.7. The van der Waals surface area contributed by atoms with Gasteiger partial charge in [0, 0.05) is 31.3 Å². The third-order valence-corrected chi connectivity index (χ3v) is 7.11. The minimum Gasteiger partial charge on any atom is -0.443 e. The van der Waals surface area contributed by atoms with Crippen LogP contribution in [-0.2, 0) is 9.47 Å². The molecule has 2 aliphatic rings. The van der Waals surface area contributed by atoms with Crippen molar-refractivity contribution >= 4 is 45.8 Å². The number of benzene rings is 1. The number of aryl methyl sites for hydroxylation is 1. The summed E-state index contributed by atoms with van der Waals surface area (Å²) in [5.41, 5.74) is 3.07. The van der Waals surface area contributed by atoms with Crippen molar-refractivity contribution in [3.8, 4) is 0 Å². The Hall–Kier alpha value is -4.45. The maximum atomic E-state index is 13.4. The van der Waals surface area contributed by atoms with Crippen molar-refractivity contribution in [2.24, 2.45) is 0 Å². The monoisotopic (exact) mass is 558 g/mol. The third kappa shape index (κ3) is 5.47. The maximum absolute atomic E-state index is 13.4. The van der Waals surface area contributed by atoms with Gasteiger partial charge in [0.1, 0.15) is 23.2 Å². The molecule has 214 valence electrons. The van der Waals surface area contributed by atoms with E-state index in [0.29, 0.717) is 35.8 Å². The maximum Gasteiger partial charge on any atom is 0.414 e. The molecule has 2 N–H and O–H groups in total. The number of pyridine rings is 1. The van der Waals surface area contributed by atoms with Gasteiger partial charge in [0.15, 0.2) is 0 Å². The number of nitrogens with one attached hydrogen (secondary N) is 2. The summed E-state index contributed by atoms with van der Waals surface area (Å²) in [5, 5.41) is 8.25. The second-order valence-corrected chi connectivity index (χ2v) is 11.4. The van der Waals surface area contributed by atoms with Gasteiger partial charge in [-0.05, 0) is 64.7 Å². The number of amides is 1. The standard InChI is InChI=1S/C29H34N8O4/c1-18-8-7-9-21-24(18)36(28(39)41-29(2,3)4)12-11-35(21)22-14-19-15-30-27(34-25(19)33-26(22)38)32-20-16-31-37(17-20)23-10-5-6-13-40-23/h7-9,14-17,23H,5-6,10-13H2,1-4H3,(H2,30,32,33,34,38). The van der Waals surface area contributed by atoms with Gasteiger partial charge in [-0.3, -0.25) is 9.69 Å². The van der Waals surface area contributed by atoms with Gasteiger partial charge in [-0.2, -0.15) is 10.1 Å². The molecule has 2 aliphatic heterocycles. The fraction of sp³-hybridized carbons (Fsp3) is 0.414. The quantitative estimate of drug-likeness (QED) is 0.349. The molecule has 0 spiro atoms. The first-order chi connectivity index (χ1) is 19.7. The van der Waals surface area contributed by atoms with Gasteiger partial charge in [0.25, 0.3) is 5.56 Å². The Morgan fingerprint density at radius 1 is 1.17 bits per heavy atom. The second kappa shape index (κ2) is 10.5. The lowest BCUT2D eigenvalue weighted by Gasteiger charge is -2.38. The van der Waals surface area contributed by atoms with Gasteiger partial charge in [-0.1, -0.05) is 12.1 Å². The lowest BCUT2D eigenvalue weighted by molar-refractivity contribution is -0.0394.